The molecule has 0 amide bonds. The number of aliphatic hydroxyl groups excluding tert-OH is 5. The fourth-order valence-electron chi connectivity index (χ4n) is 1.80. The van der Waals surface area contributed by atoms with Crippen molar-refractivity contribution in [2.24, 2.45) is 0 Å². The van der Waals surface area contributed by atoms with Crippen LogP contribution in [-0.2, 0) is 0 Å². The molecule has 1 aromatic carbocycles. The molecule has 4 atom stereocenters. The molecule has 0 spiro atoms. The number of benzene rings is 1. The average molecular weight is 268 g/mol. The highest BCUT2D eigenvalue weighted by atomic mass is 16.4. The largest absolute Gasteiger partial charge is 0.394 e. The first-order valence-electron chi connectivity index (χ1n) is 5.82. The molecule has 1 heterocycles. The molecular weight excluding hydrogens is 252 g/mol. The van der Waals surface area contributed by atoms with Gasteiger partial charge in [-0.05, 0) is 12.1 Å². The highest BCUT2D eigenvalue weighted by Gasteiger charge is 2.32. The van der Waals surface area contributed by atoms with Gasteiger partial charge in [0.15, 0.2) is 0 Å². The van der Waals surface area contributed by atoms with Crippen LogP contribution in [-0.4, -0.2) is 60.4 Å². The van der Waals surface area contributed by atoms with Crippen LogP contribution < -0.4 is 0 Å². The first-order valence-corrected chi connectivity index (χ1v) is 5.82. The molecule has 6 N–H and O–H groups in total. The molecule has 1 aromatic heterocycles. The lowest BCUT2D eigenvalue weighted by atomic mass is 10.0. The van der Waals surface area contributed by atoms with Gasteiger partial charge in [-0.2, -0.15) is 0 Å². The molecule has 0 bridgehead atoms. The molecule has 2 rings (SSSR count). The van der Waals surface area contributed by atoms with Crippen LogP contribution in [0, 0.1) is 0 Å². The summed E-state index contributed by atoms with van der Waals surface area (Å²) in [6.07, 6.45) is -6.37. The molecule has 0 saturated carbocycles. The Morgan fingerprint density at radius 1 is 1.05 bits per heavy atom. The molecule has 7 heteroatoms. The topological polar surface area (TPSA) is 130 Å². The minimum atomic E-state index is -1.67. The van der Waals surface area contributed by atoms with Crippen LogP contribution in [0.1, 0.15) is 11.9 Å². The van der Waals surface area contributed by atoms with E-state index in [1.54, 1.807) is 24.3 Å². The van der Waals surface area contributed by atoms with E-state index in [2.05, 4.69) is 9.97 Å². The first-order chi connectivity index (χ1) is 9.04. The number of aromatic amines is 1. The van der Waals surface area contributed by atoms with Crippen molar-refractivity contribution in [2.75, 3.05) is 6.61 Å². The summed E-state index contributed by atoms with van der Waals surface area (Å²) in [5.74, 6) is 0.0814. The van der Waals surface area contributed by atoms with E-state index in [0.717, 1.165) is 0 Å². The van der Waals surface area contributed by atoms with Crippen LogP contribution in [0.2, 0.25) is 0 Å². The van der Waals surface area contributed by atoms with Crippen molar-refractivity contribution in [1.29, 1.82) is 0 Å². The quantitative estimate of drug-likeness (QED) is 0.398. The average Bonchev–Trinajstić information content (AvgIpc) is 2.87. The van der Waals surface area contributed by atoms with Gasteiger partial charge in [-0.3, -0.25) is 0 Å². The summed E-state index contributed by atoms with van der Waals surface area (Å²) in [6.45, 7) is -0.717. The lowest BCUT2D eigenvalue weighted by Crippen LogP contribution is -2.42. The number of aromatic nitrogens is 2. The van der Waals surface area contributed by atoms with E-state index >= 15 is 0 Å². The monoisotopic (exact) mass is 268 g/mol. The number of nitrogens with one attached hydrogen (secondary N) is 1. The zero-order chi connectivity index (χ0) is 14.0. The number of nitrogens with zero attached hydrogens (tertiary/aromatic N) is 1. The Labute approximate surface area is 108 Å². The number of hydrogen-bond acceptors (Lipinski definition) is 6. The summed E-state index contributed by atoms with van der Waals surface area (Å²) in [5.41, 5.74) is 1.29. The smallest absolute Gasteiger partial charge is 0.140 e. The molecule has 2 aromatic rings. The van der Waals surface area contributed by atoms with E-state index in [1.165, 1.54) is 0 Å². The molecule has 0 aliphatic heterocycles. The zero-order valence-electron chi connectivity index (χ0n) is 10.0. The third kappa shape index (κ3) is 2.75. The summed E-state index contributed by atoms with van der Waals surface area (Å²) in [4.78, 5) is 6.89. The zero-order valence-corrected chi connectivity index (χ0v) is 10.0. The summed E-state index contributed by atoms with van der Waals surface area (Å²) in [7, 11) is 0. The normalized spacial score (nSPS) is 18.2. The van der Waals surface area contributed by atoms with Gasteiger partial charge in [0, 0.05) is 0 Å². The van der Waals surface area contributed by atoms with E-state index in [0.29, 0.717) is 11.0 Å². The molecule has 0 saturated heterocycles. The van der Waals surface area contributed by atoms with Crippen molar-refractivity contribution in [1.82, 2.24) is 9.97 Å². The Hall–Kier alpha value is -1.51. The summed E-state index contributed by atoms with van der Waals surface area (Å²) >= 11 is 0. The lowest BCUT2D eigenvalue weighted by Gasteiger charge is -2.24. The maximum Gasteiger partial charge on any atom is 0.140 e. The highest BCUT2D eigenvalue weighted by Crippen LogP contribution is 2.21. The van der Waals surface area contributed by atoms with Crippen LogP contribution in [0.25, 0.3) is 11.0 Å². The second-order valence-corrected chi connectivity index (χ2v) is 4.32. The van der Waals surface area contributed by atoms with E-state index in [4.69, 9.17) is 5.11 Å². The lowest BCUT2D eigenvalue weighted by molar-refractivity contribution is -0.117. The molecule has 7 nitrogen and oxygen atoms in total. The van der Waals surface area contributed by atoms with Gasteiger partial charge in [-0.25, -0.2) is 4.98 Å². The van der Waals surface area contributed by atoms with Gasteiger partial charge in [0.25, 0.3) is 0 Å². The Morgan fingerprint density at radius 3 is 2.37 bits per heavy atom. The number of imidazole rings is 1. The third-order valence-corrected chi connectivity index (χ3v) is 2.94. The summed E-state index contributed by atoms with van der Waals surface area (Å²) < 4.78 is 0. The fraction of sp³-hybridized carbons (Fsp3) is 0.417. The maximum atomic E-state index is 9.91. The number of rotatable bonds is 5. The van der Waals surface area contributed by atoms with Gasteiger partial charge >= 0.3 is 0 Å². The number of para-hydroxylation sites is 2. The van der Waals surface area contributed by atoms with E-state index in [9.17, 15) is 20.4 Å². The predicted octanol–water partition coefficient (Wildman–Crippen LogP) is -1.33. The number of fused-ring (bicyclic) bond motifs is 1. The molecule has 19 heavy (non-hydrogen) atoms. The van der Waals surface area contributed by atoms with E-state index in [1.807, 2.05) is 0 Å². The van der Waals surface area contributed by atoms with E-state index in [-0.39, 0.29) is 5.82 Å². The SMILES string of the molecule is OC[C@@H](O)[C@H](O)[C@H](O)[C@@H](O)c1nc2ccccc2[nH]1. The molecular formula is C12H16N2O5. The fourth-order valence-corrected chi connectivity index (χ4v) is 1.80. The Kier molecular flexibility index (Phi) is 4.13. The third-order valence-electron chi connectivity index (χ3n) is 2.94. The summed E-state index contributed by atoms with van der Waals surface area (Å²) in [5, 5.41) is 47.1. The van der Waals surface area contributed by atoms with Crippen molar-refractivity contribution in [3.05, 3.63) is 30.1 Å². The highest BCUT2D eigenvalue weighted by molar-refractivity contribution is 5.74. The molecule has 104 valence electrons. The van der Waals surface area contributed by atoms with Crippen molar-refractivity contribution in [3.63, 3.8) is 0 Å². The standard InChI is InChI=1S/C12H16N2O5/c15-5-8(16)9(17)10(18)11(19)12-13-6-3-1-2-4-7(6)14-12/h1-4,8-11,15-19H,5H2,(H,13,14)/t8-,9+,10+,11-/m1/s1. The molecule has 0 fully saturated rings. The van der Waals surface area contributed by atoms with Gasteiger partial charge in [0.1, 0.15) is 30.2 Å². The van der Waals surface area contributed by atoms with Gasteiger partial charge in [-0.1, -0.05) is 12.1 Å². The van der Waals surface area contributed by atoms with Crippen molar-refractivity contribution >= 4 is 11.0 Å². The Bertz CT molecular complexity index is 511. The second kappa shape index (κ2) is 5.64. The minimum absolute atomic E-state index is 0.0814. The predicted molar refractivity (Wildman–Crippen MR) is 66.2 cm³/mol. The van der Waals surface area contributed by atoms with Crippen molar-refractivity contribution < 1.29 is 25.5 Å². The number of H-pyrrole nitrogens is 1. The van der Waals surface area contributed by atoms with Crippen LogP contribution >= 0.6 is 0 Å². The number of hydrogen-bond donors (Lipinski definition) is 6. The summed E-state index contributed by atoms with van der Waals surface area (Å²) in [6, 6.07) is 7.05. The van der Waals surface area contributed by atoms with Crippen LogP contribution in [0.5, 0.6) is 0 Å². The van der Waals surface area contributed by atoms with Crippen LogP contribution in [0.4, 0.5) is 0 Å². The number of aliphatic hydroxyl groups is 5. The molecule has 0 aliphatic carbocycles. The maximum absolute atomic E-state index is 9.91. The molecule has 0 radical (unpaired) electrons. The Balaban J connectivity index is 2.20. The van der Waals surface area contributed by atoms with E-state index < -0.39 is 31.0 Å². The van der Waals surface area contributed by atoms with Gasteiger partial charge in [0.05, 0.1) is 17.6 Å². The van der Waals surface area contributed by atoms with Gasteiger partial charge in [-0.15, -0.1) is 0 Å². The van der Waals surface area contributed by atoms with Crippen LogP contribution in [0.3, 0.4) is 0 Å². The Morgan fingerprint density at radius 2 is 1.74 bits per heavy atom. The first kappa shape index (κ1) is 13.9. The molecule has 0 aliphatic rings. The van der Waals surface area contributed by atoms with Gasteiger partial charge in [0.2, 0.25) is 0 Å². The van der Waals surface area contributed by atoms with Crippen LogP contribution in [0.15, 0.2) is 24.3 Å². The molecule has 0 unspecified atom stereocenters. The second-order valence-electron chi connectivity index (χ2n) is 4.32. The van der Waals surface area contributed by atoms with Gasteiger partial charge < -0.3 is 30.5 Å². The van der Waals surface area contributed by atoms with Crippen molar-refractivity contribution in [2.45, 2.75) is 24.4 Å². The minimum Gasteiger partial charge on any atom is -0.394 e. The van der Waals surface area contributed by atoms with Crippen molar-refractivity contribution in [3.8, 4) is 0 Å².